The number of piperidine rings is 1. The molecule has 1 aliphatic heterocycles. The molecule has 0 aliphatic carbocycles. The van der Waals surface area contributed by atoms with Gasteiger partial charge in [0.2, 0.25) is 0 Å². The minimum absolute atomic E-state index is 0.400. The second-order valence-corrected chi connectivity index (χ2v) is 7.65. The van der Waals surface area contributed by atoms with Gasteiger partial charge in [-0.2, -0.15) is 0 Å². The third kappa shape index (κ3) is 3.14. The molecule has 2 aromatic heterocycles. The fourth-order valence-electron chi connectivity index (χ4n) is 3.73. The van der Waals surface area contributed by atoms with E-state index in [4.69, 9.17) is 11.6 Å². The van der Waals surface area contributed by atoms with Crippen LogP contribution >= 0.6 is 11.6 Å². The summed E-state index contributed by atoms with van der Waals surface area (Å²) in [7, 11) is 0. The van der Waals surface area contributed by atoms with Crippen molar-refractivity contribution in [1.29, 1.82) is 0 Å². The van der Waals surface area contributed by atoms with Crippen LogP contribution < -0.4 is 4.90 Å². The Balaban J connectivity index is 1.93. The molecule has 1 fully saturated rings. The minimum atomic E-state index is 0.400. The zero-order chi connectivity index (χ0) is 18.1. The van der Waals surface area contributed by atoms with Crippen molar-refractivity contribution < 1.29 is 0 Å². The van der Waals surface area contributed by atoms with E-state index in [1.165, 1.54) is 24.8 Å². The molecule has 3 aromatic rings. The number of pyridine rings is 1. The van der Waals surface area contributed by atoms with Crippen LogP contribution in [0, 0.1) is 0 Å². The normalized spacial score (nSPS) is 15.0. The van der Waals surface area contributed by atoms with E-state index in [-0.39, 0.29) is 0 Å². The Labute approximate surface area is 159 Å². The molecular formula is C21H23ClN4. The smallest absolute Gasteiger partial charge is 0.177 e. The maximum Gasteiger partial charge on any atom is 0.177 e. The van der Waals surface area contributed by atoms with E-state index in [1.54, 1.807) is 6.20 Å². The summed E-state index contributed by atoms with van der Waals surface area (Å²) in [6.45, 7) is 6.41. The molecule has 0 unspecified atom stereocenters. The van der Waals surface area contributed by atoms with Gasteiger partial charge in [-0.1, -0.05) is 49.7 Å². The monoisotopic (exact) mass is 366 g/mol. The molecule has 1 saturated heterocycles. The second kappa shape index (κ2) is 7.20. The summed E-state index contributed by atoms with van der Waals surface area (Å²) >= 11 is 6.29. The summed E-state index contributed by atoms with van der Waals surface area (Å²) in [5.41, 5.74) is 4.11. The van der Waals surface area contributed by atoms with Gasteiger partial charge in [0.15, 0.2) is 5.82 Å². The number of benzene rings is 1. The average molecular weight is 367 g/mol. The third-order valence-corrected chi connectivity index (χ3v) is 5.27. The molecule has 4 nitrogen and oxygen atoms in total. The highest BCUT2D eigenvalue weighted by atomic mass is 35.5. The molecule has 0 spiro atoms. The molecule has 5 heteroatoms. The van der Waals surface area contributed by atoms with Gasteiger partial charge in [-0.3, -0.25) is 4.98 Å². The van der Waals surface area contributed by atoms with Crippen LogP contribution in [0.1, 0.15) is 44.6 Å². The third-order valence-electron chi connectivity index (χ3n) is 5.06. The first-order valence-corrected chi connectivity index (χ1v) is 9.69. The number of hydrogen-bond donors (Lipinski definition) is 0. The molecule has 26 heavy (non-hydrogen) atoms. The summed E-state index contributed by atoms with van der Waals surface area (Å²) in [5, 5.41) is 10.9. The van der Waals surface area contributed by atoms with Crippen molar-refractivity contribution >= 4 is 28.3 Å². The summed E-state index contributed by atoms with van der Waals surface area (Å²) in [6, 6.07) is 10.4. The van der Waals surface area contributed by atoms with Gasteiger partial charge >= 0.3 is 0 Å². The fourth-order valence-corrected chi connectivity index (χ4v) is 3.89. The van der Waals surface area contributed by atoms with Gasteiger partial charge in [0.05, 0.1) is 5.02 Å². The molecular weight excluding hydrogens is 344 g/mol. The molecule has 0 radical (unpaired) electrons. The minimum Gasteiger partial charge on any atom is -0.353 e. The van der Waals surface area contributed by atoms with Crippen molar-refractivity contribution in [1.82, 2.24) is 15.2 Å². The van der Waals surface area contributed by atoms with Crippen molar-refractivity contribution in [3.8, 4) is 11.3 Å². The van der Waals surface area contributed by atoms with Crippen molar-refractivity contribution in [3.63, 3.8) is 0 Å². The average Bonchev–Trinajstić information content (AvgIpc) is 2.67. The number of nitrogens with zero attached hydrogens (tertiary/aromatic N) is 4. The highest BCUT2D eigenvalue weighted by Crippen LogP contribution is 2.35. The van der Waals surface area contributed by atoms with Gasteiger partial charge in [0.25, 0.3) is 0 Å². The SMILES string of the molecule is CC(C)c1ccccc1-c1nnc(N2CCCCC2)c2ncc(Cl)cc12. The van der Waals surface area contributed by atoms with E-state index in [1.807, 2.05) is 12.1 Å². The largest absolute Gasteiger partial charge is 0.353 e. The lowest BCUT2D eigenvalue weighted by atomic mass is 9.94. The van der Waals surface area contributed by atoms with Crippen molar-refractivity contribution in [3.05, 3.63) is 47.1 Å². The maximum absolute atomic E-state index is 6.29. The molecule has 0 bridgehead atoms. The Morgan fingerprint density at radius 3 is 2.58 bits per heavy atom. The van der Waals surface area contributed by atoms with Gasteiger partial charge in [-0.15, -0.1) is 10.2 Å². The Morgan fingerprint density at radius 1 is 1.04 bits per heavy atom. The van der Waals surface area contributed by atoms with Gasteiger partial charge < -0.3 is 4.90 Å². The summed E-state index contributed by atoms with van der Waals surface area (Å²) in [5.74, 6) is 1.28. The predicted molar refractivity (Wildman–Crippen MR) is 108 cm³/mol. The standard InChI is InChI=1S/C21H23ClN4/c1-14(2)16-8-4-5-9-17(16)19-18-12-15(22)13-23-20(18)21(25-24-19)26-10-6-3-7-11-26/h4-5,8-9,12-14H,3,6-7,10-11H2,1-2H3. The second-order valence-electron chi connectivity index (χ2n) is 7.21. The highest BCUT2D eigenvalue weighted by Gasteiger charge is 2.20. The summed E-state index contributed by atoms with van der Waals surface area (Å²) < 4.78 is 0. The van der Waals surface area contributed by atoms with E-state index in [0.29, 0.717) is 10.9 Å². The molecule has 134 valence electrons. The molecule has 1 aliphatic rings. The van der Waals surface area contributed by atoms with E-state index in [2.05, 4.69) is 52.1 Å². The highest BCUT2D eigenvalue weighted by molar-refractivity contribution is 6.31. The molecule has 1 aromatic carbocycles. The van der Waals surface area contributed by atoms with Crippen LogP contribution in [0.2, 0.25) is 5.02 Å². The zero-order valence-electron chi connectivity index (χ0n) is 15.2. The number of rotatable bonds is 3. The maximum atomic E-state index is 6.29. The Bertz CT molecular complexity index is 932. The lowest BCUT2D eigenvalue weighted by molar-refractivity contribution is 0.572. The lowest BCUT2D eigenvalue weighted by Crippen LogP contribution is -2.30. The number of hydrogen-bond acceptors (Lipinski definition) is 4. The molecule has 0 atom stereocenters. The van der Waals surface area contributed by atoms with Crippen molar-refractivity contribution in [2.45, 2.75) is 39.0 Å². The molecule has 3 heterocycles. The zero-order valence-corrected chi connectivity index (χ0v) is 16.0. The Morgan fingerprint density at radius 2 is 1.81 bits per heavy atom. The first-order valence-electron chi connectivity index (χ1n) is 9.31. The predicted octanol–water partition coefficient (Wildman–Crippen LogP) is 5.46. The van der Waals surface area contributed by atoms with Crippen LogP contribution in [-0.4, -0.2) is 28.3 Å². The van der Waals surface area contributed by atoms with Crippen LogP contribution in [0.4, 0.5) is 5.82 Å². The van der Waals surface area contributed by atoms with Crippen LogP contribution in [0.25, 0.3) is 22.2 Å². The Kier molecular flexibility index (Phi) is 4.77. The van der Waals surface area contributed by atoms with E-state index in [0.717, 1.165) is 41.1 Å². The quantitative estimate of drug-likeness (QED) is 0.617. The molecule has 0 N–H and O–H groups in total. The number of aromatic nitrogens is 3. The Hall–Kier alpha value is -2.20. The van der Waals surface area contributed by atoms with Crippen LogP contribution in [0.3, 0.4) is 0 Å². The van der Waals surface area contributed by atoms with Gasteiger partial charge in [-0.25, -0.2) is 0 Å². The van der Waals surface area contributed by atoms with E-state index >= 15 is 0 Å². The van der Waals surface area contributed by atoms with E-state index < -0.39 is 0 Å². The van der Waals surface area contributed by atoms with Crippen LogP contribution in [-0.2, 0) is 0 Å². The van der Waals surface area contributed by atoms with Crippen molar-refractivity contribution in [2.75, 3.05) is 18.0 Å². The van der Waals surface area contributed by atoms with Crippen LogP contribution in [0.15, 0.2) is 36.5 Å². The summed E-state index contributed by atoms with van der Waals surface area (Å²) in [6.07, 6.45) is 5.36. The number of anilines is 1. The first kappa shape index (κ1) is 17.2. The van der Waals surface area contributed by atoms with E-state index in [9.17, 15) is 0 Å². The molecule has 4 rings (SSSR count). The van der Waals surface area contributed by atoms with Gasteiger partial charge in [-0.05, 0) is 36.8 Å². The number of halogens is 1. The van der Waals surface area contributed by atoms with Gasteiger partial charge in [0, 0.05) is 30.2 Å². The first-order chi connectivity index (χ1) is 12.6. The molecule has 0 saturated carbocycles. The molecule has 0 amide bonds. The van der Waals surface area contributed by atoms with Gasteiger partial charge in [0.1, 0.15) is 11.2 Å². The van der Waals surface area contributed by atoms with Crippen LogP contribution in [0.5, 0.6) is 0 Å². The van der Waals surface area contributed by atoms with Crippen molar-refractivity contribution in [2.24, 2.45) is 0 Å². The topological polar surface area (TPSA) is 41.9 Å². The number of fused-ring (bicyclic) bond motifs is 1. The fraction of sp³-hybridized carbons (Fsp3) is 0.381. The lowest BCUT2D eigenvalue weighted by Gasteiger charge is -2.28. The summed E-state index contributed by atoms with van der Waals surface area (Å²) in [4.78, 5) is 6.94.